The highest BCUT2D eigenvalue weighted by atomic mass is 16.5. The van der Waals surface area contributed by atoms with Gasteiger partial charge in [-0.05, 0) is 71.3 Å². The van der Waals surface area contributed by atoms with Gasteiger partial charge in [-0.3, -0.25) is 14.5 Å². The third-order valence-electron chi connectivity index (χ3n) is 7.19. The van der Waals surface area contributed by atoms with Crippen molar-refractivity contribution in [3.63, 3.8) is 0 Å². The Morgan fingerprint density at radius 1 is 1.19 bits per heavy atom. The smallest absolute Gasteiger partial charge is 0.261 e. The second-order valence-electron chi connectivity index (χ2n) is 10.3. The number of hydrogen-bond donors (Lipinski definition) is 1. The lowest BCUT2D eigenvalue weighted by atomic mass is 9.95. The van der Waals surface area contributed by atoms with Gasteiger partial charge < -0.3 is 14.6 Å². The summed E-state index contributed by atoms with van der Waals surface area (Å²) >= 11 is 0. The van der Waals surface area contributed by atoms with Crippen LogP contribution in [-0.2, 0) is 11.2 Å². The molecule has 0 saturated carbocycles. The van der Waals surface area contributed by atoms with Gasteiger partial charge in [-0.2, -0.15) is 0 Å². The molecule has 1 unspecified atom stereocenters. The van der Waals surface area contributed by atoms with Crippen LogP contribution in [0.4, 0.5) is 0 Å². The first-order chi connectivity index (χ1) is 15.2. The largest absolute Gasteiger partial charge is 0.379 e. The first kappa shape index (κ1) is 22.9. The van der Waals surface area contributed by atoms with Gasteiger partial charge in [0.15, 0.2) is 0 Å². The molecule has 174 valence electrons. The maximum Gasteiger partial charge on any atom is 0.261 e. The number of carbonyl (C=O) groups excluding carboxylic acids is 2. The fourth-order valence-electron chi connectivity index (χ4n) is 4.91. The van der Waals surface area contributed by atoms with Gasteiger partial charge in [-0.1, -0.05) is 19.8 Å². The van der Waals surface area contributed by atoms with E-state index in [4.69, 9.17) is 9.72 Å². The molecular weight excluding hydrogens is 404 g/mol. The molecule has 7 heteroatoms. The first-order valence-electron chi connectivity index (χ1n) is 11.8. The van der Waals surface area contributed by atoms with E-state index in [1.165, 1.54) is 4.90 Å². The van der Waals surface area contributed by atoms with Crippen LogP contribution >= 0.6 is 0 Å². The van der Waals surface area contributed by atoms with Crippen LogP contribution in [0.25, 0.3) is 11.0 Å². The minimum Gasteiger partial charge on any atom is -0.379 e. The molecule has 2 aliphatic heterocycles. The maximum absolute atomic E-state index is 13.1. The molecule has 3 heterocycles. The molecule has 2 aliphatic rings. The molecule has 4 rings (SSSR count). The van der Waals surface area contributed by atoms with Crippen molar-refractivity contribution in [2.75, 3.05) is 27.2 Å². The quantitative estimate of drug-likeness (QED) is 0.627. The normalized spacial score (nSPS) is 19.2. The molecule has 1 fully saturated rings. The fourth-order valence-corrected chi connectivity index (χ4v) is 4.91. The van der Waals surface area contributed by atoms with Crippen LogP contribution in [0.2, 0.25) is 0 Å². The van der Waals surface area contributed by atoms with Gasteiger partial charge in [-0.15, -0.1) is 0 Å². The Kier molecular flexibility index (Phi) is 6.41. The molecular formula is C25H36N4O3. The summed E-state index contributed by atoms with van der Waals surface area (Å²) in [4.78, 5) is 38.0. The van der Waals surface area contributed by atoms with Crippen LogP contribution in [-0.4, -0.2) is 70.5 Å². The number of aromatic nitrogens is 2. The second-order valence-corrected chi connectivity index (χ2v) is 10.3. The van der Waals surface area contributed by atoms with Crippen molar-refractivity contribution >= 4 is 22.8 Å². The molecule has 0 bridgehead atoms. The number of imide groups is 1. The summed E-state index contributed by atoms with van der Waals surface area (Å²) in [6.45, 7) is 8.29. The van der Waals surface area contributed by atoms with Crippen molar-refractivity contribution < 1.29 is 14.3 Å². The predicted octanol–water partition coefficient (Wildman–Crippen LogP) is 4.03. The number of nitrogens with zero attached hydrogens (tertiary/aromatic N) is 3. The van der Waals surface area contributed by atoms with Crippen molar-refractivity contribution in [3.05, 3.63) is 29.1 Å². The Balaban J connectivity index is 1.44. The third kappa shape index (κ3) is 4.59. The van der Waals surface area contributed by atoms with E-state index < -0.39 is 0 Å². The van der Waals surface area contributed by atoms with Gasteiger partial charge in [0, 0.05) is 19.6 Å². The Hall–Kier alpha value is -2.25. The summed E-state index contributed by atoms with van der Waals surface area (Å²) in [5.74, 6) is 1.07. The predicted molar refractivity (Wildman–Crippen MR) is 125 cm³/mol. The van der Waals surface area contributed by atoms with E-state index in [1.54, 1.807) is 13.2 Å². The SMILES string of the molecule is COC(C)(C)CCCC(C)Cc1nc2cc3c(cc2[nH]1)C(=O)N(C1CCN(C)CC1)C3=O. The molecule has 2 amide bonds. The van der Waals surface area contributed by atoms with E-state index in [2.05, 4.69) is 37.7 Å². The van der Waals surface area contributed by atoms with Crippen LogP contribution < -0.4 is 0 Å². The first-order valence-corrected chi connectivity index (χ1v) is 11.8. The van der Waals surface area contributed by atoms with Crippen LogP contribution in [0.5, 0.6) is 0 Å². The van der Waals surface area contributed by atoms with E-state index in [9.17, 15) is 9.59 Å². The molecule has 1 aromatic carbocycles. The van der Waals surface area contributed by atoms with Gasteiger partial charge in [-0.25, -0.2) is 4.98 Å². The number of carbonyl (C=O) groups is 2. The number of amides is 2. The van der Waals surface area contributed by atoms with Gasteiger partial charge >= 0.3 is 0 Å². The molecule has 1 N–H and O–H groups in total. The number of piperidine rings is 1. The number of hydrogen-bond acceptors (Lipinski definition) is 5. The van der Waals surface area contributed by atoms with Crippen molar-refractivity contribution in [2.24, 2.45) is 5.92 Å². The number of imidazole rings is 1. The van der Waals surface area contributed by atoms with Crippen LogP contribution in [0.3, 0.4) is 0 Å². The summed E-state index contributed by atoms with van der Waals surface area (Å²) in [7, 11) is 3.84. The molecule has 1 atom stereocenters. The van der Waals surface area contributed by atoms with Gasteiger partial charge in [0.25, 0.3) is 11.8 Å². The molecule has 2 aromatic rings. The van der Waals surface area contributed by atoms with Crippen LogP contribution in [0, 0.1) is 5.92 Å². The standard InChI is InChI=1S/C25H36N4O3/c1-16(7-6-10-25(2,3)32-5)13-22-26-20-14-18-19(15-21(20)27-22)24(31)29(23(18)30)17-8-11-28(4)12-9-17/h14-17H,6-13H2,1-5H3,(H,26,27). The second kappa shape index (κ2) is 8.94. The topological polar surface area (TPSA) is 78.5 Å². The molecule has 1 saturated heterocycles. The molecule has 0 spiro atoms. The third-order valence-corrected chi connectivity index (χ3v) is 7.19. The van der Waals surface area contributed by atoms with E-state index in [0.717, 1.165) is 68.5 Å². The highest BCUT2D eigenvalue weighted by molar-refractivity contribution is 6.23. The minimum absolute atomic E-state index is 0.00982. The summed E-state index contributed by atoms with van der Waals surface area (Å²) < 4.78 is 5.51. The lowest BCUT2D eigenvalue weighted by Crippen LogP contribution is -2.46. The van der Waals surface area contributed by atoms with E-state index in [-0.39, 0.29) is 23.5 Å². The van der Waals surface area contributed by atoms with E-state index in [0.29, 0.717) is 17.0 Å². The van der Waals surface area contributed by atoms with Crippen molar-refractivity contribution in [1.82, 2.24) is 19.8 Å². The van der Waals surface area contributed by atoms with Crippen molar-refractivity contribution in [1.29, 1.82) is 0 Å². The summed E-state index contributed by atoms with van der Waals surface area (Å²) in [5, 5.41) is 0. The molecule has 32 heavy (non-hydrogen) atoms. The lowest BCUT2D eigenvalue weighted by Gasteiger charge is -2.33. The minimum atomic E-state index is -0.167. The number of benzene rings is 1. The van der Waals surface area contributed by atoms with Gasteiger partial charge in [0.2, 0.25) is 0 Å². The maximum atomic E-state index is 13.1. The number of fused-ring (bicyclic) bond motifs is 2. The number of likely N-dealkylation sites (tertiary alicyclic amines) is 1. The Morgan fingerprint density at radius 3 is 2.50 bits per heavy atom. The summed E-state index contributed by atoms with van der Waals surface area (Å²) in [6.07, 6.45) is 5.74. The Morgan fingerprint density at radius 2 is 1.84 bits per heavy atom. The van der Waals surface area contributed by atoms with Crippen molar-refractivity contribution in [3.8, 4) is 0 Å². The molecule has 0 aliphatic carbocycles. The Labute approximate surface area is 190 Å². The number of ether oxygens (including phenoxy) is 1. The monoisotopic (exact) mass is 440 g/mol. The summed E-state index contributed by atoms with van der Waals surface area (Å²) in [5.41, 5.74) is 2.51. The zero-order valence-electron chi connectivity index (χ0n) is 20.0. The van der Waals surface area contributed by atoms with Crippen molar-refractivity contribution in [2.45, 2.75) is 70.9 Å². The molecule has 0 radical (unpaired) electrons. The number of H-pyrrole nitrogens is 1. The number of methoxy groups -OCH3 is 1. The number of rotatable bonds is 8. The zero-order chi connectivity index (χ0) is 23.0. The average molecular weight is 441 g/mol. The van der Waals surface area contributed by atoms with Gasteiger partial charge in [0.1, 0.15) is 5.82 Å². The van der Waals surface area contributed by atoms with Crippen LogP contribution in [0.15, 0.2) is 12.1 Å². The van der Waals surface area contributed by atoms with Gasteiger partial charge in [0.05, 0.1) is 27.8 Å². The zero-order valence-corrected chi connectivity index (χ0v) is 20.0. The highest BCUT2D eigenvalue weighted by Gasteiger charge is 2.41. The fraction of sp³-hybridized carbons (Fsp3) is 0.640. The average Bonchev–Trinajstić information content (AvgIpc) is 3.24. The van der Waals surface area contributed by atoms with E-state index in [1.807, 2.05) is 6.07 Å². The highest BCUT2D eigenvalue weighted by Crippen LogP contribution is 2.31. The number of aromatic amines is 1. The molecule has 7 nitrogen and oxygen atoms in total. The Bertz CT molecular complexity index is 951. The van der Waals surface area contributed by atoms with Crippen LogP contribution in [0.1, 0.15) is 79.4 Å². The molecule has 1 aromatic heterocycles. The number of nitrogens with one attached hydrogen (secondary N) is 1. The summed E-state index contributed by atoms with van der Waals surface area (Å²) in [6, 6.07) is 3.61. The van der Waals surface area contributed by atoms with E-state index >= 15 is 0 Å². The lowest BCUT2D eigenvalue weighted by molar-refractivity contribution is 0.0127.